The monoisotopic (exact) mass is 415 g/mol. The van der Waals surface area contributed by atoms with E-state index in [1.165, 1.54) is 45.1 Å². The Kier molecular flexibility index (Phi) is 4.58. The van der Waals surface area contributed by atoms with E-state index in [1.807, 2.05) is 0 Å². The van der Waals surface area contributed by atoms with Crippen LogP contribution in [0.3, 0.4) is 0 Å². The first-order chi connectivity index (χ1) is 14.2. The Balaban J connectivity index is 1.30. The Morgan fingerprint density at radius 3 is 2.40 bits per heavy atom. The summed E-state index contributed by atoms with van der Waals surface area (Å²) in [4.78, 5) is 2.80. The van der Waals surface area contributed by atoms with Gasteiger partial charge in [0.15, 0.2) is 0 Å². The van der Waals surface area contributed by atoms with Gasteiger partial charge in [0.2, 0.25) is 0 Å². The fraction of sp³-hybridized carbons (Fsp3) is 1.00. The molecule has 2 heterocycles. The van der Waals surface area contributed by atoms with Crippen LogP contribution >= 0.6 is 0 Å². The van der Waals surface area contributed by atoms with E-state index in [4.69, 9.17) is 0 Å². The van der Waals surface area contributed by atoms with E-state index in [0.29, 0.717) is 28.7 Å². The van der Waals surface area contributed by atoms with Crippen LogP contribution in [-0.2, 0) is 0 Å². The zero-order valence-electron chi connectivity index (χ0n) is 19.8. The van der Waals surface area contributed by atoms with Crippen molar-refractivity contribution in [1.29, 1.82) is 0 Å². The van der Waals surface area contributed by atoms with Crippen LogP contribution in [0, 0.1) is 52.3 Å². The average Bonchev–Trinajstić information content (AvgIpc) is 3.15. The van der Waals surface area contributed by atoms with Crippen molar-refractivity contribution in [3.8, 4) is 0 Å². The van der Waals surface area contributed by atoms with Crippen LogP contribution in [0.4, 0.5) is 0 Å². The van der Waals surface area contributed by atoms with Crippen LogP contribution in [0.5, 0.6) is 0 Å². The molecule has 0 radical (unpaired) electrons. The van der Waals surface area contributed by atoms with Gasteiger partial charge in [0, 0.05) is 18.6 Å². The highest BCUT2D eigenvalue weighted by Crippen LogP contribution is 2.70. The van der Waals surface area contributed by atoms with E-state index >= 15 is 0 Å². The molecule has 30 heavy (non-hydrogen) atoms. The summed E-state index contributed by atoms with van der Waals surface area (Å²) in [6.07, 6.45) is 11.2. The Morgan fingerprint density at radius 1 is 0.833 bits per heavy atom. The van der Waals surface area contributed by atoms with E-state index in [1.54, 1.807) is 0 Å². The van der Waals surface area contributed by atoms with Gasteiger partial charge in [-0.25, -0.2) is 0 Å². The third kappa shape index (κ3) is 2.55. The van der Waals surface area contributed by atoms with E-state index in [2.05, 4.69) is 32.6 Å². The summed E-state index contributed by atoms with van der Waals surface area (Å²) in [5, 5.41) is 21.3. The van der Waals surface area contributed by atoms with Crippen molar-refractivity contribution < 1.29 is 10.2 Å². The van der Waals surface area contributed by atoms with Gasteiger partial charge in [0.1, 0.15) is 0 Å². The number of fused-ring (bicyclic) bond motifs is 9. The second kappa shape index (κ2) is 6.70. The number of nitrogens with zero attached hydrogens (tertiary/aromatic N) is 1. The first-order valence-electron chi connectivity index (χ1n) is 13.4. The molecule has 0 aromatic heterocycles. The van der Waals surface area contributed by atoms with Crippen LogP contribution < -0.4 is 0 Å². The van der Waals surface area contributed by atoms with Gasteiger partial charge in [0.25, 0.3) is 0 Å². The maximum atomic E-state index is 11.0. The molecule has 0 aromatic rings. The van der Waals surface area contributed by atoms with Gasteiger partial charge >= 0.3 is 0 Å². The molecule has 6 fully saturated rings. The van der Waals surface area contributed by atoms with Gasteiger partial charge in [0.05, 0.1) is 12.2 Å². The third-order valence-electron chi connectivity index (χ3n) is 12.2. The maximum Gasteiger partial charge on any atom is 0.0701 e. The lowest BCUT2D eigenvalue weighted by Gasteiger charge is -2.61. The number of hydrogen-bond acceptors (Lipinski definition) is 3. The molecule has 0 bridgehead atoms. The second-order valence-electron chi connectivity index (χ2n) is 13.4. The van der Waals surface area contributed by atoms with Crippen LogP contribution in [-0.4, -0.2) is 45.9 Å². The molecular weight excluding hydrogens is 370 g/mol. The number of piperidine rings is 1. The minimum atomic E-state index is -0.115. The Bertz CT molecular complexity index is 696. The smallest absolute Gasteiger partial charge is 0.0701 e. The summed E-state index contributed by atoms with van der Waals surface area (Å²) in [6, 6.07) is 1.13. The molecule has 3 heteroatoms. The minimum absolute atomic E-state index is 0.0374. The molecule has 2 aliphatic heterocycles. The lowest BCUT2D eigenvalue weighted by atomic mass is 9.44. The van der Waals surface area contributed by atoms with Crippen LogP contribution in [0.25, 0.3) is 0 Å². The van der Waals surface area contributed by atoms with Gasteiger partial charge in [-0.3, -0.25) is 4.90 Å². The highest BCUT2D eigenvalue weighted by molar-refractivity contribution is 5.18. The Labute approximate surface area is 184 Å². The predicted octanol–water partition coefficient (Wildman–Crippen LogP) is 4.71. The minimum Gasteiger partial charge on any atom is -0.393 e. The number of aliphatic hydroxyl groups is 2. The second-order valence-corrected chi connectivity index (χ2v) is 13.4. The largest absolute Gasteiger partial charge is 0.393 e. The molecule has 4 saturated carbocycles. The zero-order valence-corrected chi connectivity index (χ0v) is 19.8. The summed E-state index contributed by atoms with van der Waals surface area (Å²) in [5.74, 6) is 5.49. The average molecular weight is 416 g/mol. The van der Waals surface area contributed by atoms with Crippen LogP contribution in [0.15, 0.2) is 0 Å². The molecule has 2 N–H and O–H groups in total. The highest BCUT2D eigenvalue weighted by Gasteiger charge is 2.67. The lowest BCUT2D eigenvalue weighted by Crippen LogP contribution is -2.55. The molecule has 4 aliphatic carbocycles. The van der Waals surface area contributed by atoms with E-state index in [0.717, 1.165) is 54.9 Å². The maximum absolute atomic E-state index is 11.0. The van der Waals surface area contributed by atoms with Crippen molar-refractivity contribution in [2.45, 2.75) is 110 Å². The van der Waals surface area contributed by atoms with Crippen molar-refractivity contribution in [2.24, 2.45) is 52.3 Å². The molecule has 6 rings (SSSR count). The lowest BCUT2D eigenvalue weighted by molar-refractivity contribution is -0.130. The van der Waals surface area contributed by atoms with Gasteiger partial charge in [-0.2, -0.15) is 0 Å². The van der Waals surface area contributed by atoms with Crippen molar-refractivity contribution in [3.63, 3.8) is 0 Å². The van der Waals surface area contributed by atoms with E-state index in [-0.39, 0.29) is 12.2 Å². The molecule has 0 unspecified atom stereocenters. The molecule has 0 spiro atoms. The third-order valence-corrected chi connectivity index (χ3v) is 12.2. The van der Waals surface area contributed by atoms with Gasteiger partial charge in [-0.15, -0.1) is 0 Å². The fourth-order valence-corrected chi connectivity index (χ4v) is 11.1. The van der Waals surface area contributed by atoms with Crippen molar-refractivity contribution in [3.05, 3.63) is 0 Å². The SMILES string of the molecule is C[C@H]1C[C@H](O)[C@@H]2[C@@H](C)[C@H]3[C@H](C[C@H]4[C@@H]5CC[C@H]6C[C@@H](O)CC[C@]6(C)[C@H]5CC[C@]34C)N2C1. The molecule has 3 nitrogen and oxygen atoms in total. The summed E-state index contributed by atoms with van der Waals surface area (Å²) in [5.41, 5.74) is 0.952. The van der Waals surface area contributed by atoms with E-state index in [9.17, 15) is 10.2 Å². The quantitative estimate of drug-likeness (QED) is 0.602. The standard InChI is InChI=1S/C27H45NO2/c1-15-11-23(30)25-16(2)24-22(28(25)14-15)13-21-19-6-5-17-12-18(29)7-9-26(17,3)20(19)8-10-27(21,24)4/h15-25,29-30H,5-14H2,1-4H3/t15-,16-,17-,18-,19+,20-,21-,22-,23-,24-,25-,26-,27-/m0/s1. The van der Waals surface area contributed by atoms with Crippen molar-refractivity contribution >= 4 is 0 Å². The number of hydrogen-bond donors (Lipinski definition) is 2. The summed E-state index contributed by atoms with van der Waals surface area (Å²) < 4.78 is 0. The molecule has 0 amide bonds. The van der Waals surface area contributed by atoms with Gasteiger partial charge < -0.3 is 10.2 Å². The molecule has 0 aromatic carbocycles. The van der Waals surface area contributed by atoms with Gasteiger partial charge in [-0.1, -0.05) is 27.7 Å². The predicted molar refractivity (Wildman–Crippen MR) is 120 cm³/mol. The zero-order chi connectivity index (χ0) is 21.0. The summed E-state index contributed by atoms with van der Waals surface area (Å²) >= 11 is 0. The summed E-state index contributed by atoms with van der Waals surface area (Å²) in [7, 11) is 0. The number of aliphatic hydroxyl groups excluding tert-OH is 2. The van der Waals surface area contributed by atoms with Crippen LogP contribution in [0.1, 0.15) is 85.5 Å². The van der Waals surface area contributed by atoms with Gasteiger partial charge in [-0.05, 0) is 110 Å². The first-order valence-corrected chi connectivity index (χ1v) is 13.4. The molecular formula is C27H45NO2. The molecule has 170 valence electrons. The molecule has 6 aliphatic rings. The fourth-order valence-electron chi connectivity index (χ4n) is 11.1. The molecule has 2 saturated heterocycles. The normalized spacial score (nSPS) is 62.8. The van der Waals surface area contributed by atoms with Crippen molar-refractivity contribution in [1.82, 2.24) is 4.90 Å². The first kappa shape index (κ1) is 20.5. The topological polar surface area (TPSA) is 43.7 Å². The van der Waals surface area contributed by atoms with E-state index < -0.39 is 0 Å². The summed E-state index contributed by atoms with van der Waals surface area (Å²) in [6.45, 7) is 11.3. The van der Waals surface area contributed by atoms with Crippen molar-refractivity contribution in [2.75, 3.05) is 6.54 Å². The molecule has 13 atom stereocenters. The Morgan fingerprint density at radius 2 is 1.60 bits per heavy atom. The van der Waals surface area contributed by atoms with Crippen LogP contribution in [0.2, 0.25) is 0 Å². The highest BCUT2D eigenvalue weighted by atomic mass is 16.3. The number of rotatable bonds is 0. The Hall–Kier alpha value is -0.120.